The Labute approximate surface area is 175 Å². The number of carboxylic acids is 1. The number of fused-ring (bicyclic) bond motifs is 2. The highest BCUT2D eigenvalue weighted by atomic mass is 16.4. The molecule has 156 valence electrons. The van der Waals surface area contributed by atoms with Gasteiger partial charge in [0, 0.05) is 18.5 Å². The molecule has 1 aliphatic rings. The minimum Gasteiger partial charge on any atom is -0.481 e. The van der Waals surface area contributed by atoms with Crippen LogP contribution in [0, 0.1) is 5.92 Å². The number of anilines is 1. The molecule has 7 heteroatoms. The average molecular weight is 406 g/mol. The van der Waals surface area contributed by atoms with Crippen molar-refractivity contribution in [3.8, 4) is 0 Å². The van der Waals surface area contributed by atoms with Crippen LogP contribution in [0.25, 0.3) is 10.9 Å². The summed E-state index contributed by atoms with van der Waals surface area (Å²) in [7, 11) is 0. The van der Waals surface area contributed by atoms with Crippen molar-refractivity contribution >= 4 is 28.7 Å². The van der Waals surface area contributed by atoms with Gasteiger partial charge in [0.1, 0.15) is 5.69 Å². The zero-order valence-corrected chi connectivity index (χ0v) is 17.4. The molecule has 2 heterocycles. The van der Waals surface area contributed by atoms with E-state index in [1.165, 1.54) is 0 Å². The predicted molar refractivity (Wildman–Crippen MR) is 116 cm³/mol. The number of aromatic nitrogens is 2. The number of aliphatic carboxylic acids is 1. The zero-order chi connectivity index (χ0) is 21.8. The zero-order valence-electron chi connectivity index (χ0n) is 17.4. The standard InChI is InChI=1S/C19H16N4O3.C4H10/c20-19-21-15-6-5-11(8-16(24)25)7-14(15)17(22-19)18(26)23-9-12-3-1-2-4-13(12)10-23;1-4(2)3/h1-7H,8-10H2,(H,24,25)(H2,20,21,22);4H,1-3H3. The van der Waals surface area contributed by atoms with E-state index >= 15 is 0 Å². The lowest BCUT2D eigenvalue weighted by Crippen LogP contribution is -2.27. The average Bonchev–Trinajstić information content (AvgIpc) is 3.10. The SMILES string of the molecule is CC(C)C.Nc1nc(C(=O)N2Cc3ccccc3C2)c2cc(CC(=O)O)ccc2n1. The largest absolute Gasteiger partial charge is 0.481 e. The summed E-state index contributed by atoms with van der Waals surface area (Å²) in [5.74, 6) is -0.333. The number of hydrogen-bond acceptors (Lipinski definition) is 5. The van der Waals surface area contributed by atoms with Crippen LogP contribution >= 0.6 is 0 Å². The van der Waals surface area contributed by atoms with Gasteiger partial charge in [-0.2, -0.15) is 0 Å². The van der Waals surface area contributed by atoms with Crippen LogP contribution in [0.1, 0.15) is 48.0 Å². The van der Waals surface area contributed by atoms with Gasteiger partial charge >= 0.3 is 5.97 Å². The van der Waals surface area contributed by atoms with E-state index in [0.29, 0.717) is 29.6 Å². The topological polar surface area (TPSA) is 109 Å². The Morgan fingerprint density at radius 1 is 1.07 bits per heavy atom. The molecule has 1 amide bonds. The number of nitrogens with zero attached hydrogens (tertiary/aromatic N) is 3. The van der Waals surface area contributed by atoms with Crippen LogP contribution in [0.3, 0.4) is 0 Å². The van der Waals surface area contributed by atoms with Gasteiger partial charge in [-0.05, 0) is 34.7 Å². The quantitative estimate of drug-likeness (QED) is 0.687. The van der Waals surface area contributed by atoms with E-state index in [-0.39, 0.29) is 24.0 Å². The number of nitrogen functional groups attached to an aromatic ring is 1. The molecule has 4 rings (SSSR count). The van der Waals surface area contributed by atoms with Gasteiger partial charge in [-0.15, -0.1) is 0 Å². The Kier molecular flexibility index (Phi) is 6.30. The normalized spacial score (nSPS) is 12.5. The lowest BCUT2D eigenvalue weighted by Gasteiger charge is -2.16. The van der Waals surface area contributed by atoms with Gasteiger partial charge in [0.05, 0.1) is 11.9 Å². The first kappa shape index (κ1) is 21.2. The third-order valence-electron chi connectivity index (χ3n) is 4.46. The van der Waals surface area contributed by atoms with Crippen molar-refractivity contribution in [1.29, 1.82) is 0 Å². The van der Waals surface area contributed by atoms with Crippen LogP contribution in [0.15, 0.2) is 42.5 Å². The molecule has 7 nitrogen and oxygen atoms in total. The van der Waals surface area contributed by atoms with Gasteiger partial charge in [0.25, 0.3) is 5.91 Å². The molecule has 0 bridgehead atoms. The monoisotopic (exact) mass is 406 g/mol. The van der Waals surface area contributed by atoms with Crippen LogP contribution in [0.4, 0.5) is 5.95 Å². The molecule has 0 aliphatic carbocycles. The van der Waals surface area contributed by atoms with Gasteiger partial charge in [-0.3, -0.25) is 9.59 Å². The second-order valence-corrected chi connectivity index (χ2v) is 8.01. The van der Waals surface area contributed by atoms with Crippen LogP contribution in [-0.2, 0) is 24.3 Å². The summed E-state index contributed by atoms with van der Waals surface area (Å²) >= 11 is 0. The first-order valence-electron chi connectivity index (χ1n) is 9.88. The summed E-state index contributed by atoms with van der Waals surface area (Å²) in [6.45, 7) is 7.52. The van der Waals surface area contributed by atoms with Gasteiger partial charge in [0.2, 0.25) is 5.95 Å². The van der Waals surface area contributed by atoms with Crippen LogP contribution in [-0.4, -0.2) is 31.9 Å². The molecule has 0 atom stereocenters. The second-order valence-electron chi connectivity index (χ2n) is 8.01. The van der Waals surface area contributed by atoms with Gasteiger partial charge in [0.15, 0.2) is 0 Å². The molecule has 30 heavy (non-hydrogen) atoms. The molecular formula is C23H26N4O3. The van der Waals surface area contributed by atoms with Crippen molar-refractivity contribution < 1.29 is 14.7 Å². The van der Waals surface area contributed by atoms with Crippen LogP contribution in [0.5, 0.6) is 0 Å². The van der Waals surface area contributed by atoms with E-state index in [2.05, 4.69) is 30.7 Å². The molecular weight excluding hydrogens is 380 g/mol. The summed E-state index contributed by atoms with van der Waals surface area (Å²) in [4.78, 5) is 34.1. The van der Waals surface area contributed by atoms with Crippen LogP contribution < -0.4 is 5.73 Å². The molecule has 0 spiro atoms. The molecule has 0 radical (unpaired) electrons. The summed E-state index contributed by atoms with van der Waals surface area (Å²) in [5.41, 5.74) is 9.30. The van der Waals surface area contributed by atoms with Crippen molar-refractivity contribution in [2.45, 2.75) is 40.3 Å². The number of carbonyl (C=O) groups is 2. The lowest BCUT2D eigenvalue weighted by atomic mass is 10.1. The number of benzene rings is 2. The summed E-state index contributed by atoms with van der Waals surface area (Å²) in [6, 6.07) is 12.9. The number of carboxylic acid groups (broad SMARTS) is 1. The predicted octanol–water partition coefficient (Wildman–Crippen LogP) is 3.66. The Morgan fingerprint density at radius 3 is 2.23 bits per heavy atom. The number of nitrogens with two attached hydrogens (primary N) is 1. The smallest absolute Gasteiger partial charge is 0.307 e. The Balaban J connectivity index is 0.000000589. The maximum absolute atomic E-state index is 13.1. The van der Waals surface area contributed by atoms with E-state index < -0.39 is 5.97 Å². The maximum atomic E-state index is 13.1. The lowest BCUT2D eigenvalue weighted by molar-refractivity contribution is -0.136. The van der Waals surface area contributed by atoms with Crippen molar-refractivity contribution in [3.63, 3.8) is 0 Å². The fourth-order valence-corrected chi connectivity index (χ4v) is 3.27. The van der Waals surface area contributed by atoms with E-state index in [9.17, 15) is 9.59 Å². The molecule has 0 saturated heterocycles. The molecule has 3 aromatic rings. The highest BCUT2D eigenvalue weighted by molar-refractivity contribution is 6.05. The van der Waals surface area contributed by atoms with Crippen LogP contribution in [0.2, 0.25) is 0 Å². The maximum Gasteiger partial charge on any atom is 0.307 e. The Morgan fingerprint density at radius 2 is 1.67 bits per heavy atom. The highest BCUT2D eigenvalue weighted by Crippen LogP contribution is 2.26. The fourth-order valence-electron chi connectivity index (χ4n) is 3.27. The van der Waals surface area contributed by atoms with E-state index in [1.807, 2.05) is 24.3 Å². The van der Waals surface area contributed by atoms with Gasteiger partial charge in [-0.1, -0.05) is 51.1 Å². The first-order valence-corrected chi connectivity index (χ1v) is 9.88. The number of carbonyl (C=O) groups excluding carboxylic acids is 1. The second kappa shape index (κ2) is 8.90. The number of hydrogen-bond donors (Lipinski definition) is 2. The van der Waals surface area contributed by atoms with Crippen molar-refractivity contribution in [1.82, 2.24) is 14.9 Å². The minimum absolute atomic E-state index is 0.0172. The molecule has 0 unspecified atom stereocenters. The third-order valence-corrected chi connectivity index (χ3v) is 4.46. The summed E-state index contributed by atoms with van der Waals surface area (Å²) in [5, 5.41) is 9.52. The molecule has 0 saturated carbocycles. The molecule has 2 aromatic carbocycles. The number of amides is 1. The van der Waals surface area contributed by atoms with Crippen molar-refractivity contribution in [2.24, 2.45) is 5.92 Å². The molecule has 1 aliphatic heterocycles. The van der Waals surface area contributed by atoms with Gasteiger partial charge < -0.3 is 15.7 Å². The van der Waals surface area contributed by atoms with Crippen molar-refractivity contribution in [2.75, 3.05) is 5.73 Å². The molecule has 3 N–H and O–H groups in total. The summed E-state index contributed by atoms with van der Waals surface area (Å²) < 4.78 is 0. The van der Waals surface area contributed by atoms with Gasteiger partial charge in [-0.25, -0.2) is 9.97 Å². The third kappa shape index (κ3) is 4.92. The van der Waals surface area contributed by atoms with E-state index in [1.54, 1.807) is 23.1 Å². The van der Waals surface area contributed by atoms with E-state index in [4.69, 9.17) is 10.8 Å². The van der Waals surface area contributed by atoms with E-state index in [0.717, 1.165) is 17.0 Å². The molecule has 1 aromatic heterocycles. The van der Waals surface area contributed by atoms with Crippen molar-refractivity contribution in [3.05, 3.63) is 64.8 Å². The number of rotatable bonds is 3. The Hall–Kier alpha value is -3.48. The molecule has 0 fully saturated rings. The fraction of sp³-hybridized carbons (Fsp3) is 0.304. The summed E-state index contributed by atoms with van der Waals surface area (Å²) in [6.07, 6.45) is -0.136. The first-order chi connectivity index (χ1) is 14.2. The highest BCUT2D eigenvalue weighted by Gasteiger charge is 2.26. The minimum atomic E-state index is -0.941. The Bertz CT molecular complexity index is 1070.